The molecule has 0 saturated heterocycles. The summed E-state index contributed by atoms with van der Waals surface area (Å²) < 4.78 is 0. The average molecular weight is 1690 g/mol. The van der Waals surface area contributed by atoms with Crippen LogP contribution in [0.15, 0.2) is 339 Å². The summed E-state index contributed by atoms with van der Waals surface area (Å²) in [6.07, 6.45) is 6.95. The second-order valence-corrected chi connectivity index (χ2v) is 31.0. The van der Waals surface area contributed by atoms with E-state index in [1.54, 1.807) is 5.57 Å². The van der Waals surface area contributed by atoms with E-state index in [1.165, 1.54) is 226 Å². The summed E-state index contributed by atoms with van der Waals surface area (Å²) in [7, 11) is 0. The van der Waals surface area contributed by atoms with Crippen LogP contribution in [0.5, 0.6) is 0 Å². The van der Waals surface area contributed by atoms with Crippen LogP contribution in [-0.2, 0) is 0 Å². The summed E-state index contributed by atoms with van der Waals surface area (Å²) in [5, 5.41) is 32.3. The maximum atomic E-state index is 2.30. The van der Waals surface area contributed by atoms with Crippen molar-refractivity contribution in [3.63, 3.8) is 0 Å². The summed E-state index contributed by atoms with van der Waals surface area (Å²) in [6, 6.07) is 113. The molecular formula is C128H154. The van der Waals surface area contributed by atoms with Gasteiger partial charge < -0.3 is 0 Å². The van der Waals surface area contributed by atoms with E-state index in [1.807, 2.05) is 111 Å². The Labute approximate surface area is 775 Å². The number of allylic oxidation sites excluding steroid dienone is 4. The fraction of sp³-hybridized carbons (Fsp3) is 0.266. The zero-order chi connectivity index (χ0) is 94.7. The molecule has 0 bridgehead atoms. The Kier molecular flexibility index (Phi) is 46.0. The molecule has 1 aliphatic carbocycles. The summed E-state index contributed by atoms with van der Waals surface area (Å²) in [4.78, 5) is 0. The van der Waals surface area contributed by atoms with Crippen LogP contribution in [0.2, 0.25) is 0 Å². The minimum absolute atomic E-state index is 1.24. The van der Waals surface area contributed by atoms with Gasteiger partial charge in [0.2, 0.25) is 0 Å². The third-order valence-electron chi connectivity index (χ3n) is 23.6. The number of hydrogen-bond acceptors (Lipinski definition) is 0. The van der Waals surface area contributed by atoms with Gasteiger partial charge in [-0.3, -0.25) is 0 Å². The molecule has 0 aliphatic heterocycles. The maximum Gasteiger partial charge on any atom is -0.0103 e. The highest BCUT2D eigenvalue weighted by Crippen LogP contribution is 2.35. The molecule has 0 amide bonds. The predicted octanol–water partition coefficient (Wildman–Crippen LogP) is 40.8. The monoisotopic (exact) mass is 1690 g/mol. The molecule has 0 fully saturated rings. The highest BCUT2D eigenvalue weighted by molar-refractivity contribution is 6.12. The van der Waals surface area contributed by atoms with Crippen LogP contribution in [0.25, 0.3) is 129 Å². The normalized spacial score (nSPS) is 10.5. The molecule has 20 rings (SSSR count). The van der Waals surface area contributed by atoms with Crippen LogP contribution in [0, 0.1) is 96.9 Å². The van der Waals surface area contributed by atoms with Gasteiger partial charge in [-0.2, -0.15) is 0 Å². The number of benzene rings is 19. The minimum atomic E-state index is 1.24. The van der Waals surface area contributed by atoms with Gasteiger partial charge in [-0.25, -0.2) is 0 Å². The SMILES string of the molecule is CC.CC.CC.CC.CC.CC.CC.CC.CC1=C(C)CCC=C1.Cc1c(C)c2ccccc2c2ccccc12.Cc1cc2cc3ccccc3cc2cc1C.Cc1cc2ccc3ccccc3c2cc1C.Cc1cc2ccccc2cc1C.Cc1ccc2c(ccc3ccccc32)c1C.Cc1ccc2cc3ccccc3cc2c1C.Cc1ccc2ccccc2c1C. The molecule has 0 aromatic heterocycles. The Bertz CT molecular complexity index is 6470. The van der Waals surface area contributed by atoms with Crippen LogP contribution in [-0.4, -0.2) is 0 Å². The van der Waals surface area contributed by atoms with Crippen molar-refractivity contribution in [3.8, 4) is 0 Å². The van der Waals surface area contributed by atoms with E-state index < -0.39 is 0 Å². The highest BCUT2D eigenvalue weighted by Gasteiger charge is 2.10. The molecule has 19 aromatic rings. The number of rotatable bonds is 0. The zero-order valence-electron chi connectivity index (χ0n) is 84.6. The van der Waals surface area contributed by atoms with Crippen molar-refractivity contribution < 1.29 is 0 Å². The van der Waals surface area contributed by atoms with Gasteiger partial charge in [0.1, 0.15) is 0 Å². The lowest BCUT2D eigenvalue weighted by Gasteiger charge is -2.11. The van der Waals surface area contributed by atoms with Crippen molar-refractivity contribution in [3.05, 3.63) is 417 Å². The molecule has 0 nitrogen and oxygen atoms in total. The van der Waals surface area contributed by atoms with E-state index in [0.717, 1.165) is 0 Å². The fourth-order valence-corrected chi connectivity index (χ4v) is 15.5. The second-order valence-electron chi connectivity index (χ2n) is 31.0. The number of aryl methyl sites for hydroxylation is 14. The van der Waals surface area contributed by atoms with E-state index in [2.05, 4.69) is 438 Å². The predicted molar refractivity (Wildman–Crippen MR) is 589 cm³/mol. The van der Waals surface area contributed by atoms with Crippen molar-refractivity contribution >= 4 is 129 Å². The lowest BCUT2D eigenvalue weighted by atomic mass is 9.93. The lowest BCUT2D eigenvalue weighted by molar-refractivity contribution is 0.939. The first-order valence-electron chi connectivity index (χ1n) is 47.8. The topological polar surface area (TPSA) is 0 Å². The Balaban J connectivity index is 0.000000255. The first kappa shape index (κ1) is 106. The molecule has 0 saturated carbocycles. The third kappa shape index (κ3) is 27.9. The molecule has 0 radical (unpaired) electrons. The van der Waals surface area contributed by atoms with Crippen LogP contribution < -0.4 is 0 Å². The van der Waals surface area contributed by atoms with Gasteiger partial charge in [0.15, 0.2) is 0 Å². The van der Waals surface area contributed by atoms with Crippen molar-refractivity contribution in [2.45, 2.75) is 234 Å². The molecule has 0 heteroatoms. The van der Waals surface area contributed by atoms with E-state index in [4.69, 9.17) is 0 Å². The van der Waals surface area contributed by atoms with Gasteiger partial charge in [0, 0.05) is 0 Å². The van der Waals surface area contributed by atoms with Crippen molar-refractivity contribution in [1.82, 2.24) is 0 Å². The Morgan fingerprint density at radius 1 is 0.148 bits per heavy atom. The van der Waals surface area contributed by atoms with Gasteiger partial charge in [0.05, 0.1) is 0 Å². The molecule has 0 atom stereocenters. The second kappa shape index (κ2) is 55.4. The molecule has 128 heavy (non-hydrogen) atoms. The van der Waals surface area contributed by atoms with Gasteiger partial charge in [0.25, 0.3) is 0 Å². The molecule has 19 aromatic carbocycles. The minimum Gasteiger partial charge on any atom is -0.0840 e. The van der Waals surface area contributed by atoms with Gasteiger partial charge >= 0.3 is 0 Å². The lowest BCUT2D eigenvalue weighted by Crippen LogP contribution is -1.87. The van der Waals surface area contributed by atoms with Crippen LogP contribution in [0.1, 0.15) is 215 Å². The van der Waals surface area contributed by atoms with Crippen LogP contribution in [0.3, 0.4) is 0 Å². The smallest absolute Gasteiger partial charge is 0.0103 e. The Hall–Kier alpha value is -12.2. The van der Waals surface area contributed by atoms with E-state index >= 15 is 0 Å². The highest BCUT2D eigenvalue weighted by atomic mass is 14.1. The largest absolute Gasteiger partial charge is 0.0840 e. The van der Waals surface area contributed by atoms with Gasteiger partial charge in [-0.15, -0.1) is 0 Å². The standard InChI is InChI=1S/5C16H14.2C12H12.C8H12.8C2H6/c1-11-12(2)14-8-4-6-10-16(14)15-9-5-3-7-13(11)15;1-11-7-15-9-13-5-3-4-6-14(13)10-16(15)8-12(11)2;1-11-7-9-16-14(12(11)2)10-8-13-5-3-4-6-15(13)16;1-11-9-14-8-7-13-5-3-4-6-15(13)16(14)10-12(11)2;1-11-7-8-15-9-13-5-3-4-6-14(13)10-16(15)12(11)2;1-9-7-11-5-3-4-6-12(11)8-10(9)2;1-9-7-8-11-5-3-4-6-12(11)10(9)2;1-7-5-3-4-6-8(7)2;8*1-2/h5*3-10H,1-2H3;2*3-8H,1-2H3;3,5H,4,6H2,1-2H3;8*1-2H3. The summed E-state index contributed by atoms with van der Waals surface area (Å²) in [5.74, 6) is 0. The van der Waals surface area contributed by atoms with E-state index in [9.17, 15) is 0 Å². The number of hydrogen-bond donors (Lipinski definition) is 0. The molecule has 0 spiro atoms. The Morgan fingerprint density at radius 2 is 0.383 bits per heavy atom. The van der Waals surface area contributed by atoms with Gasteiger partial charge in [-0.1, -0.05) is 425 Å². The number of fused-ring (bicyclic) bond motifs is 15. The first-order chi connectivity index (χ1) is 62.2. The fourth-order valence-electron chi connectivity index (χ4n) is 15.5. The van der Waals surface area contributed by atoms with E-state index in [0.29, 0.717) is 0 Å². The first-order valence-corrected chi connectivity index (χ1v) is 47.8. The Morgan fingerprint density at radius 3 is 0.781 bits per heavy atom. The summed E-state index contributed by atoms with van der Waals surface area (Å²) in [6.45, 7) is 66.9. The van der Waals surface area contributed by atoms with Crippen molar-refractivity contribution in [1.29, 1.82) is 0 Å². The van der Waals surface area contributed by atoms with Crippen LogP contribution in [0.4, 0.5) is 0 Å². The van der Waals surface area contributed by atoms with E-state index in [-0.39, 0.29) is 0 Å². The zero-order valence-corrected chi connectivity index (χ0v) is 84.6. The molecular weight excluding hydrogens is 1540 g/mol. The summed E-state index contributed by atoms with van der Waals surface area (Å²) in [5.41, 5.74) is 22.3. The molecule has 0 N–H and O–H groups in total. The van der Waals surface area contributed by atoms with Gasteiger partial charge in [-0.05, 0) is 355 Å². The quantitative estimate of drug-likeness (QED) is 0.105. The van der Waals surface area contributed by atoms with Crippen molar-refractivity contribution in [2.75, 3.05) is 0 Å². The van der Waals surface area contributed by atoms with Crippen molar-refractivity contribution in [2.24, 2.45) is 0 Å². The molecule has 666 valence electrons. The molecule has 0 heterocycles. The molecule has 0 unspecified atom stereocenters. The molecule has 1 aliphatic rings. The van der Waals surface area contributed by atoms with Crippen LogP contribution >= 0.6 is 0 Å². The summed E-state index contributed by atoms with van der Waals surface area (Å²) >= 11 is 0. The third-order valence-corrected chi connectivity index (χ3v) is 23.6. The average Bonchev–Trinajstić information content (AvgIpc) is 0.810. The maximum absolute atomic E-state index is 2.30.